The number of nitrogens with one attached hydrogen (secondary N) is 1. The molecule has 0 saturated carbocycles. The molecule has 0 unspecified atom stereocenters. The van der Waals surface area contributed by atoms with Crippen LogP contribution in [0.15, 0.2) is 0 Å². The molecule has 4 nitrogen and oxygen atoms in total. The van der Waals surface area contributed by atoms with Crippen molar-refractivity contribution >= 4 is 23.7 Å². The Labute approximate surface area is 101 Å². The van der Waals surface area contributed by atoms with Gasteiger partial charge in [-0.15, -0.1) is 0 Å². The molecule has 0 aliphatic heterocycles. The second kappa shape index (κ2) is 6.25. The predicted octanol–water partition coefficient (Wildman–Crippen LogP) is 1.58. The number of hydrogen-bond donors (Lipinski definition) is 1. The summed E-state index contributed by atoms with van der Waals surface area (Å²) in [6.07, 6.45) is 0. The van der Waals surface area contributed by atoms with Crippen LogP contribution in [0.25, 0.3) is 0 Å². The summed E-state index contributed by atoms with van der Waals surface area (Å²) in [5, 5.41) is 2.92. The summed E-state index contributed by atoms with van der Waals surface area (Å²) < 4.78 is 4.65. The average Bonchev–Trinajstić information content (AvgIpc) is 1.99. The zero-order chi connectivity index (χ0) is 12.9. The van der Waals surface area contributed by atoms with Crippen molar-refractivity contribution in [2.24, 2.45) is 0 Å². The van der Waals surface area contributed by atoms with Crippen molar-refractivity contribution < 1.29 is 14.3 Å². The summed E-state index contributed by atoms with van der Waals surface area (Å²) >= 11 is 1.67. The lowest BCUT2D eigenvalue weighted by Crippen LogP contribution is -2.44. The third-order valence-electron chi connectivity index (χ3n) is 1.82. The molecule has 0 aromatic heterocycles. The van der Waals surface area contributed by atoms with E-state index in [-0.39, 0.29) is 10.00 Å². The zero-order valence-electron chi connectivity index (χ0n) is 10.8. The molecule has 0 saturated heterocycles. The van der Waals surface area contributed by atoms with Gasteiger partial charge in [0.25, 0.3) is 0 Å². The van der Waals surface area contributed by atoms with E-state index in [0.29, 0.717) is 0 Å². The van der Waals surface area contributed by atoms with Gasteiger partial charge >= 0.3 is 11.9 Å². The first-order valence-electron chi connectivity index (χ1n) is 5.24. The number of likely N-dealkylation sites (N-methyl/N-ethyl adjacent to an activating group) is 1. The van der Waals surface area contributed by atoms with Gasteiger partial charge in [-0.25, -0.2) is 4.79 Å². The number of hydrogen-bond acceptors (Lipinski definition) is 5. The van der Waals surface area contributed by atoms with Crippen molar-refractivity contribution in [2.45, 2.75) is 50.7 Å². The molecule has 0 amide bonds. The monoisotopic (exact) mass is 247 g/mol. The Balaban J connectivity index is 4.48. The Kier molecular flexibility index (Phi) is 6.04. The summed E-state index contributed by atoms with van der Waals surface area (Å²) in [4.78, 5) is 22.3. The van der Waals surface area contributed by atoms with Crippen LogP contribution in [0.4, 0.5) is 0 Å². The number of thioether (sulfide) groups is 1. The van der Waals surface area contributed by atoms with Crippen LogP contribution in [0, 0.1) is 0 Å². The van der Waals surface area contributed by atoms with E-state index in [1.807, 2.05) is 6.92 Å². The minimum absolute atomic E-state index is 0.0387. The van der Waals surface area contributed by atoms with Gasteiger partial charge in [-0.3, -0.25) is 4.79 Å². The fourth-order valence-corrected chi connectivity index (χ4v) is 2.87. The van der Waals surface area contributed by atoms with Crippen molar-refractivity contribution in [2.75, 3.05) is 7.05 Å². The molecule has 0 aromatic rings. The van der Waals surface area contributed by atoms with Gasteiger partial charge in [-0.1, -0.05) is 27.7 Å². The molecule has 5 heteroatoms. The van der Waals surface area contributed by atoms with E-state index >= 15 is 0 Å². The van der Waals surface area contributed by atoms with Crippen LogP contribution < -0.4 is 5.32 Å². The van der Waals surface area contributed by atoms with Gasteiger partial charge in [-0.2, -0.15) is 11.8 Å². The highest BCUT2D eigenvalue weighted by molar-refractivity contribution is 8.01. The van der Waals surface area contributed by atoms with Gasteiger partial charge in [0.2, 0.25) is 0 Å². The lowest BCUT2D eigenvalue weighted by molar-refractivity contribution is -0.159. The fourth-order valence-electron chi connectivity index (χ4n) is 1.38. The molecule has 0 spiro atoms. The molecule has 0 bridgehead atoms. The largest absolute Gasteiger partial charge is 0.392 e. The van der Waals surface area contributed by atoms with E-state index in [0.717, 1.165) is 0 Å². The highest BCUT2D eigenvalue weighted by Gasteiger charge is 2.29. The minimum Gasteiger partial charge on any atom is -0.392 e. The average molecular weight is 247 g/mol. The number of ether oxygens (including phenoxy) is 1. The molecular weight excluding hydrogens is 226 g/mol. The Morgan fingerprint density at radius 2 is 1.81 bits per heavy atom. The molecule has 0 rings (SSSR count). The first kappa shape index (κ1) is 15.4. The molecule has 0 aromatic carbocycles. The fraction of sp³-hybridized carbons (Fsp3) is 0.818. The van der Waals surface area contributed by atoms with Gasteiger partial charge in [-0.05, 0) is 7.05 Å². The van der Waals surface area contributed by atoms with Crippen LogP contribution in [-0.4, -0.2) is 35.0 Å². The van der Waals surface area contributed by atoms with E-state index in [1.165, 1.54) is 6.92 Å². The maximum Gasteiger partial charge on any atom is 0.331 e. The van der Waals surface area contributed by atoms with Crippen molar-refractivity contribution in [1.29, 1.82) is 0 Å². The molecule has 0 aliphatic rings. The number of esters is 2. The first-order chi connectivity index (χ1) is 7.17. The quantitative estimate of drug-likeness (QED) is 0.604. The summed E-state index contributed by atoms with van der Waals surface area (Å²) in [6, 6.07) is -0.465. The van der Waals surface area contributed by atoms with Crippen LogP contribution in [-0.2, 0) is 14.3 Å². The lowest BCUT2D eigenvalue weighted by Gasteiger charge is -2.27. The molecular formula is C11H21NO3S. The van der Waals surface area contributed by atoms with Crippen molar-refractivity contribution in [3.8, 4) is 0 Å². The Bertz CT molecular complexity index is 260. The predicted molar refractivity (Wildman–Crippen MR) is 66.4 cm³/mol. The second-order valence-electron chi connectivity index (χ2n) is 4.61. The van der Waals surface area contributed by atoms with Gasteiger partial charge in [0.05, 0.1) is 0 Å². The summed E-state index contributed by atoms with van der Waals surface area (Å²) in [6.45, 7) is 9.41. The van der Waals surface area contributed by atoms with Crippen LogP contribution >= 0.6 is 11.8 Å². The van der Waals surface area contributed by atoms with Crippen LogP contribution in [0.3, 0.4) is 0 Å². The van der Waals surface area contributed by atoms with Crippen molar-refractivity contribution in [3.05, 3.63) is 0 Å². The maximum absolute atomic E-state index is 11.6. The summed E-state index contributed by atoms with van der Waals surface area (Å²) in [5.41, 5.74) is 0. The highest BCUT2D eigenvalue weighted by Crippen LogP contribution is 2.29. The molecule has 0 aliphatic carbocycles. The lowest BCUT2D eigenvalue weighted by atomic mass is 10.2. The SMILES string of the molecule is CN[C@H](C(=O)OC(C)=O)[C@H](C)SC(C)(C)C. The van der Waals surface area contributed by atoms with Crippen LogP contribution in [0.5, 0.6) is 0 Å². The van der Waals surface area contributed by atoms with Crippen LogP contribution in [0.1, 0.15) is 34.6 Å². The molecule has 0 fully saturated rings. The van der Waals surface area contributed by atoms with Crippen molar-refractivity contribution in [3.63, 3.8) is 0 Å². The second-order valence-corrected chi connectivity index (χ2v) is 6.82. The smallest absolute Gasteiger partial charge is 0.331 e. The topological polar surface area (TPSA) is 55.4 Å². The third kappa shape index (κ3) is 6.12. The highest BCUT2D eigenvalue weighted by atomic mass is 32.2. The standard InChI is InChI=1S/C11H21NO3S/c1-7(16-11(3,4)5)9(12-6)10(14)15-8(2)13/h7,9,12H,1-6H3/t7-,9-/m0/s1. The Hall–Kier alpha value is -0.550. The van der Waals surface area contributed by atoms with Gasteiger partial charge in [0, 0.05) is 16.9 Å². The summed E-state index contributed by atoms with van der Waals surface area (Å²) in [7, 11) is 1.69. The summed E-state index contributed by atoms with van der Waals surface area (Å²) in [5.74, 6) is -1.09. The Morgan fingerprint density at radius 1 is 1.31 bits per heavy atom. The number of rotatable bonds is 4. The molecule has 2 atom stereocenters. The van der Waals surface area contributed by atoms with E-state index in [1.54, 1.807) is 18.8 Å². The van der Waals surface area contributed by atoms with Gasteiger partial charge < -0.3 is 10.1 Å². The van der Waals surface area contributed by atoms with E-state index in [4.69, 9.17) is 0 Å². The van der Waals surface area contributed by atoms with E-state index < -0.39 is 18.0 Å². The number of carbonyl (C=O) groups excluding carboxylic acids is 2. The van der Waals surface area contributed by atoms with Gasteiger partial charge in [0.1, 0.15) is 6.04 Å². The third-order valence-corrected chi connectivity index (χ3v) is 3.17. The van der Waals surface area contributed by atoms with Crippen LogP contribution in [0.2, 0.25) is 0 Å². The molecule has 1 N–H and O–H groups in total. The molecule has 0 heterocycles. The Morgan fingerprint density at radius 3 is 2.12 bits per heavy atom. The minimum atomic E-state index is -0.571. The van der Waals surface area contributed by atoms with Gasteiger partial charge in [0.15, 0.2) is 0 Å². The normalized spacial score (nSPS) is 15.4. The van der Waals surface area contributed by atoms with E-state index in [9.17, 15) is 9.59 Å². The maximum atomic E-state index is 11.6. The zero-order valence-corrected chi connectivity index (χ0v) is 11.6. The number of carbonyl (C=O) groups is 2. The van der Waals surface area contributed by atoms with E-state index in [2.05, 4.69) is 30.8 Å². The van der Waals surface area contributed by atoms with Crippen molar-refractivity contribution in [1.82, 2.24) is 5.32 Å². The first-order valence-corrected chi connectivity index (χ1v) is 6.12. The molecule has 16 heavy (non-hydrogen) atoms. The molecule has 94 valence electrons. The molecule has 0 radical (unpaired) electrons.